The molecule has 25 heavy (non-hydrogen) atoms. The van der Waals surface area contributed by atoms with Gasteiger partial charge in [-0.2, -0.15) is 0 Å². The van der Waals surface area contributed by atoms with Crippen molar-refractivity contribution in [1.82, 2.24) is 19.9 Å². The summed E-state index contributed by atoms with van der Waals surface area (Å²) in [7, 11) is 1.98. The molecule has 1 aliphatic carbocycles. The molecular formula is C18H19N5O2. The second-order valence-corrected chi connectivity index (χ2v) is 6.38. The van der Waals surface area contributed by atoms with Gasteiger partial charge < -0.3 is 4.42 Å². The molecule has 7 heteroatoms. The lowest BCUT2D eigenvalue weighted by Crippen LogP contribution is -2.41. The molecule has 1 N–H and O–H groups in total. The minimum atomic E-state index is -0.0971. The highest BCUT2D eigenvalue weighted by atomic mass is 16.3. The van der Waals surface area contributed by atoms with Crippen molar-refractivity contribution in [3.8, 4) is 11.3 Å². The number of anilines is 1. The fourth-order valence-corrected chi connectivity index (χ4v) is 2.94. The number of carbonyl (C=O) groups is 1. The number of hydrogen-bond donors (Lipinski definition) is 1. The van der Waals surface area contributed by atoms with Crippen LogP contribution in [0.1, 0.15) is 19.3 Å². The van der Waals surface area contributed by atoms with E-state index < -0.39 is 0 Å². The summed E-state index contributed by atoms with van der Waals surface area (Å²) < 4.78 is 5.32. The molecule has 3 aromatic rings. The van der Waals surface area contributed by atoms with E-state index in [2.05, 4.69) is 25.2 Å². The maximum Gasteiger partial charge on any atom is 0.240 e. The molecule has 2 heterocycles. The smallest absolute Gasteiger partial charge is 0.240 e. The standard InChI is InChI=1S/C18H19N5O2/c1-23(14-3-2-4-14)10-17(24)22-18-20-8-13-6-5-12(7-15(13)21-18)16-9-19-11-25-16/h5-9,11,14H,2-4,10H2,1H3,(H,20,21,22,24). The van der Waals surface area contributed by atoms with E-state index in [9.17, 15) is 4.79 Å². The molecule has 0 unspecified atom stereocenters. The first-order valence-electron chi connectivity index (χ1n) is 8.35. The molecule has 0 atom stereocenters. The van der Waals surface area contributed by atoms with Crippen LogP contribution in [0.2, 0.25) is 0 Å². The van der Waals surface area contributed by atoms with Crippen molar-refractivity contribution in [2.75, 3.05) is 18.9 Å². The van der Waals surface area contributed by atoms with Gasteiger partial charge >= 0.3 is 0 Å². The Bertz CT molecular complexity index is 890. The lowest BCUT2D eigenvalue weighted by atomic mass is 9.92. The number of likely N-dealkylation sites (N-methyl/N-ethyl adjacent to an activating group) is 1. The van der Waals surface area contributed by atoms with Gasteiger partial charge in [0.1, 0.15) is 0 Å². The molecule has 0 saturated heterocycles. The first-order chi connectivity index (χ1) is 12.2. The number of nitrogens with one attached hydrogen (secondary N) is 1. The van der Waals surface area contributed by atoms with Crippen LogP contribution in [0.3, 0.4) is 0 Å². The van der Waals surface area contributed by atoms with Crippen molar-refractivity contribution >= 4 is 22.8 Å². The number of aromatic nitrogens is 3. The third kappa shape index (κ3) is 3.36. The van der Waals surface area contributed by atoms with Gasteiger partial charge in [-0.1, -0.05) is 18.6 Å². The Labute approximate surface area is 145 Å². The number of amides is 1. The number of carbonyl (C=O) groups excluding carboxylic acids is 1. The number of nitrogens with zero attached hydrogens (tertiary/aromatic N) is 4. The van der Waals surface area contributed by atoms with Crippen LogP contribution in [0.5, 0.6) is 0 Å². The number of oxazole rings is 1. The average Bonchev–Trinajstić information content (AvgIpc) is 3.06. The molecule has 7 nitrogen and oxygen atoms in total. The summed E-state index contributed by atoms with van der Waals surface area (Å²) in [6.07, 6.45) is 8.34. The lowest BCUT2D eigenvalue weighted by Gasteiger charge is -2.34. The van der Waals surface area contributed by atoms with E-state index in [0.29, 0.717) is 24.3 Å². The second-order valence-electron chi connectivity index (χ2n) is 6.38. The van der Waals surface area contributed by atoms with Crippen molar-refractivity contribution in [1.29, 1.82) is 0 Å². The molecule has 4 rings (SSSR count). The van der Waals surface area contributed by atoms with E-state index in [1.807, 2.05) is 25.2 Å². The average molecular weight is 337 g/mol. The van der Waals surface area contributed by atoms with Gasteiger partial charge in [0.2, 0.25) is 11.9 Å². The van der Waals surface area contributed by atoms with Crippen LogP contribution in [-0.2, 0) is 4.79 Å². The zero-order valence-electron chi connectivity index (χ0n) is 14.0. The fourth-order valence-electron chi connectivity index (χ4n) is 2.94. The number of hydrogen-bond acceptors (Lipinski definition) is 6. The van der Waals surface area contributed by atoms with Gasteiger partial charge in [-0.3, -0.25) is 15.0 Å². The molecule has 1 fully saturated rings. The topological polar surface area (TPSA) is 84.2 Å². The van der Waals surface area contributed by atoms with E-state index in [1.54, 1.807) is 12.4 Å². The van der Waals surface area contributed by atoms with Gasteiger partial charge in [-0.05, 0) is 26.0 Å². The van der Waals surface area contributed by atoms with Crippen LogP contribution < -0.4 is 5.32 Å². The SMILES string of the molecule is CN(CC(=O)Nc1ncc2ccc(-c3cnco3)cc2n1)C1CCC1. The lowest BCUT2D eigenvalue weighted by molar-refractivity contribution is -0.117. The number of rotatable bonds is 5. The molecule has 1 aliphatic rings. The molecule has 0 aliphatic heterocycles. The highest BCUT2D eigenvalue weighted by molar-refractivity contribution is 5.92. The van der Waals surface area contributed by atoms with Crippen molar-refractivity contribution in [2.45, 2.75) is 25.3 Å². The van der Waals surface area contributed by atoms with Crippen molar-refractivity contribution in [3.05, 3.63) is 37.0 Å². The summed E-state index contributed by atoms with van der Waals surface area (Å²) in [6.45, 7) is 0.351. The molecule has 128 valence electrons. The maximum absolute atomic E-state index is 12.2. The van der Waals surface area contributed by atoms with Gasteiger partial charge in [0.15, 0.2) is 12.2 Å². The van der Waals surface area contributed by atoms with E-state index in [-0.39, 0.29) is 5.91 Å². The quantitative estimate of drug-likeness (QED) is 0.770. The second kappa shape index (κ2) is 6.60. The van der Waals surface area contributed by atoms with E-state index in [0.717, 1.165) is 16.5 Å². The highest BCUT2D eigenvalue weighted by Crippen LogP contribution is 2.24. The monoisotopic (exact) mass is 337 g/mol. The maximum atomic E-state index is 12.2. The predicted molar refractivity (Wildman–Crippen MR) is 93.9 cm³/mol. The summed E-state index contributed by atoms with van der Waals surface area (Å²) in [5.74, 6) is 0.891. The van der Waals surface area contributed by atoms with Crippen molar-refractivity contribution in [3.63, 3.8) is 0 Å². The molecule has 0 spiro atoms. The minimum absolute atomic E-state index is 0.0971. The molecule has 1 aromatic carbocycles. The molecule has 2 aromatic heterocycles. The van der Waals surface area contributed by atoms with Gasteiger partial charge in [-0.15, -0.1) is 0 Å². The van der Waals surface area contributed by atoms with Crippen LogP contribution in [0.15, 0.2) is 41.4 Å². The van der Waals surface area contributed by atoms with Gasteiger partial charge in [0.25, 0.3) is 0 Å². The molecule has 1 saturated carbocycles. The Morgan fingerprint density at radius 2 is 2.24 bits per heavy atom. The summed E-state index contributed by atoms with van der Waals surface area (Å²) in [4.78, 5) is 26.9. The molecule has 0 radical (unpaired) electrons. The zero-order valence-corrected chi connectivity index (χ0v) is 14.0. The normalized spacial score (nSPS) is 14.6. The summed E-state index contributed by atoms with van der Waals surface area (Å²) >= 11 is 0. The fraction of sp³-hybridized carbons (Fsp3) is 0.333. The third-order valence-corrected chi connectivity index (χ3v) is 4.64. The highest BCUT2D eigenvalue weighted by Gasteiger charge is 2.23. The predicted octanol–water partition coefficient (Wildman–Crippen LogP) is 2.71. The Balaban J connectivity index is 1.50. The van der Waals surface area contributed by atoms with Crippen LogP contribution >= 0.6 is 0 Å². The Morgan fingerprint density at radius 3 is 2.96 bits per heavy atom. The van der Waals surface area contributed by atoms with Gasteiger partial charge in [-0.25, -0.2) is 15.0 Å². The number of fused-ring (bicyclic) bond motifs is 1. The zero-order chi connectivity index (χ0) is 17.2. The van der Waals surface area contributed by atoms with Gasteiger partial charge in [0.05, 0.1) is 18.3 Å². The summed E-state index contributed by atoms with van der Waals surface area (Å²) in [5.41, 5.74) is 1.62. The van der Waals surface area contributed by atoms with Crippen LogP contribution in [-0.4, -0.2) is 45.4 Å². The van der Waals surface area contributed by atoms with E-state index >= 15 is 0 Å². The van der Waals surface area contributed by atoms with E-state index in [1.165, 1.54) is 25.7 Å². The van der Waals surface area contributed by atoms with Crippen LogP contribution in [0, 0.1) is 0 Å². The summed E-state index contributed by atoms with van der Waals surface area (Å²) in [5, 5.41) is 3.68. The van der Waals surface area contributed by atoms with Crippen LogP contribution in [0.25, 0.3) is 22.2 Å². The first-order valence-corrected chi connectivity index (χ1v) is 8.35. The third-order valence-electron chi connectivity index (χ3n) is 4.64. The number of benzene rings is 1. The van der Waals surface area contributed by atoms with Crippen molar-refractivity contribution < 1.29 is 9.21 Å². The Kier molecular flexibility index (Phi) is 4.15. The first kappa shape index (κ1) is 15.7. The van der Waals surface area contributed by atoms with Gasteiger partial charge in [0, 0.05) is 23.2 Å². The minimum Gasteiger partial charge on any atom is -0.444 e. The van der Waals surface area contributed by atoms with Crippen molar-refractivity contribution in [2.24, 2.45) is 0 Å². The van der Waals surface area contributed by atoms with Crippen LogP contribution in [0.4, 0.5) is 5.95 Å². The summed E-state index contributed by atoms with van der Waals surface area (Å²) in [6, 6.07) is 6.27. The molecule has 0 bridgehead atoms. The Morgan fingerprint density at radius 1 is 1.36 bits per heavy atom. The molecular weight excluding hydrogens is 318 g/mol. The van der Waals surface area contributed by atoms with E-state index in [4.69, 9.17) is 4.42 Å². The Hall–Kier alpha value is -2.80. The molecule has 1 amide bonds. The largest absolute Gasteiger partial charge is 0.444 e.